The van der Waals surface area contributed by atoms with E-state index >= 15 is 0 Å². The van der Waals surface area contributed by atoms with Crippen LogP contribution in [0, 0.1) is 0 Å². The highest BCUT2D eigenvalue weighted by atomic mass is 16.5. The van der Waals surface area contributed by atoms with Gasteiger partial charge in [-0.1, -0.05) is 24.3 Å². The monoisotopic (exact) mass is 340 g/mol. The smallest absolute Gasteiger partial charge is 0.260 e. The summed E-state index contributed by atoms with van der Waals surface area (Å²) in [7, 11) is 3.05. The normalized spacial score (nSPS) is 11.8. The van der Waals surface area contributed by atoms with E-state index in [1.165, 1.54) is 27.4 Å². The number of ether oxygens (including phenoxy) is 2. The third-order valence-electron chi connectivity index (χ3n) is 3.41. The molecule has 130 valence electrons. The van der Waals surface area contributed by atoms with Crippen LogP contribution < -0.4 is 14.8 Å². The minimum absolute atomic E-state index is 0.0387. The van der Waals surface area contributed by atoms with E-state index in [0.717, 1.165) is 0 Å². The molecule has 0 saturated heterocycles. The summed E-state index contributed by atoms with van der Waals surface area (Å²) in [5, 5.41) is 12.6. The minimum Gasteiger partial charge on any atom is -0.512 e. The summed E-state index contributed by atoms with van der Waals surface area (Å²) in [4.78, 5) is 16.7. The van der Waals surface area contributed by atoms with Gasteiger partial charge in [-0.2, -0.15) is 0 Å². The average Bonchev–Trinajstić information content (AvgIpc) is 2.62. The quantitative estimate of drug-likeness (QED) is 0.475. The molecule has 0 bridgehead atoms. The summed E-state index contributed by atoms with van der Waals surface area (Å²) < 4.78 is 10.4. The third-order valence-corrected chi connectivity index (χ3v) is 3.41. The lowest BCUT2D eigenvalue weighted by atomic mass is 10.2. The number of rotatable bonds is 6. The van der Waals surface area contributed by atoms with E-state index in [2.05, 4.69) is 10.3 Å². The first-order chi connectivity index (χ1) is 12.1. The van der Waals surface area contributed by atoms with E-state index in [9.17, 15) is 9.90 Å². The van der Waals surface area contributed by atoms with E-state index in [4.69, 9.17) is 9.47 Å². The molecule has 0 aromatic heterocycles. The van der Waals surface area contributed by atoms with Crippen molar-refractivity contribution >= 4 is 23.5 Å². The van der Waals surface area contributed by atoms with Crippen LogP contribution in [-0.2, 0) is 4.79 Å². The van der Waals surface area contributed by atoms with Crippen LogP contribution in [0.15, 0.2) is 64.9 Å². The van der Waals surface area contributed by atoms with Crippen LogP contribution in [0.1, 0.15) is 6.92 Å². The zero-order valence-electron chi connectivity index (χ0n) is 14.3. The van der Waals surface area contributed by atoms with Gasteiger partial charge in [-0.25, -0.2) is 0 Å². The molecule has 0 saturated carbocycles. The lowest BCUT2D eigenvalue weighted by Crippen LogP contribution is -2.17. The molecule has 6 nitrogen and oxygen atoms in total. The molecule has 0 aliphatic heterocycles. The van der Waals surface area contributed by atoms with Gasteiger partial charge in [0.2, 0.25) is 0 Å². The predicted octanol–water partition coefficient (Wildman–Crippen LogP) is 3.88. The van der Waals surface area contributed by atoms with Crippen molar-refractivity contribution in [2.45, 2.75) is 6.92 Å². The van der Waals surface area contributed by atoms with Gasteiger partial charge in [0, 0.05) is 6.21 Å². The zero-order valence-corrected chi connectivity index (χ0v) is 14.3. The van der Waals surface area contributed by atoms with Gasteiger partial charge >= 0.3 is 0 Å². The molecule has 0 atom stereocenters. The number of aliphatic hydroxyl groups is 1. The molecule has 0 spiro atoms. The molecule has 1 amide bonds. The summed E-state index contributed by atoms with van der Waals surface area (Å²) in [5.41, 5.74) is 1.09. The molecule has 0 radical (unpaired) electrons. The predicted molar refractivity (Wildman–Crippen MR) is 98.1 cm³/mol. The standard InChI is InChI=1S/C19H20N2O4/c1-13(22)14(12-20-15-8-4-6-10-17(15)24-2)19(23)21-16-9-5-7-11-18(16)25-3/h4-12,22H,1-3H3,(H,21,23). The fraction of sp³-hybridized carbons (Fsp3) is 0.158. The second kappa shape index (κ2) is 8.54. The van der Waals surface area contributed by atoms with E-state index in [1.54, 1.807) is 42.5 Å². The van der Waals surface area contributed by atoms with Gasteiger partial charge < -0.3 is 19.9 Å². The lowest BCUT2D eigenvalue weighted by molar-refractivity contribution is -0.112. The lowest BCUT2D eigenvalue weighted by Gasteiger charge is -2.10. The average molecular weight is 340 g/mol. The summed E-state index contributed by atoms with van der Waals surface area (Å²) in [6.45, 7) is 1.42. The SMILES string of the molecule is COc1ccccc1N=CC(C(=O)Nc1ccccc1OC)=C(C)O. The number of para-hydroxylation sites is 4. The van der Waals surface area contributed by atoms with Crippen molar-refractivity contribution in [2.75, 3.05) is 19.5 Å². The number of carbonyl (C=O) groups excluding carboxylic acids is 1. The highest BCUT2D eigenvalue weighted by Crippen LogP contribution is 2.27. The first-order valence-corrected chi connectivity index (χ1v) is 7.58. The van der Waals surface area contributed by atoms with Crippen molar-refractivity contribution < 1.29 is 19.4 Å². The Bertz CT molecular complexity index is 809. The number of aliphatic hydroxyl groups excluding tert-OH is 1. The van der Waals surface area contributed by atoms with E-state index < -0.39 is 5.91 Å². The number of nitrogens with zero attached hydrogens (tertiary/aromatic N) is 1. The van der Waals surface area contributed by atoms with Crippen molar-refractivity contribution in [3.8, 4) is 11.5 Å². The first kappa shape index (κ1) is 18.1. The van der Waals surface area contributed by atoms with Crippen LogP contribution in [0.2, 0.25) is 0 Å². The topological polar surface area (TPSA) is 80.2 Å². The number of aliphatic imine (C=N–C) groups is 1. The van der Waals surface area contributed by atoms with Crippen molar-refractivity contribution in [1.82, 2.24) is 0 Å². The van der Waals surface area contributed by atoms with Crippen LogP contribution >= 0.6 is 0 Å². The van der Waals surface area contributed by atoms with Crippen molar-refractivity contribution in [3.05, 3.63) is 59.9 Å². The zero-order chi connectivity index (χ0) is 18.2. The second-order valence-corrected chi connectivity index (χ2v) is 5.08. The Kier molecular flexibility index (Phi) is 6.17. The molecule has 0 aliphatic rings. The third kappa shape index (κ3) is 4.60. The number of benzene rings is 2. The highest BCUT2D eigenvalue weighted by Gasteiger charge is 2.14. The molecule has 0 unspecified atom stereocenters. The number of nitrogens with one attached hydrogen (secondary N) is 1. The summed E-state index contributed by atoms with van der Waals surface area (Å²) in [6, 6.07) is 14.1. The summed E-state index contributed by atoms with van der Waals surface area (Å²) in [6.07, 6.45) is 1.30. The van der Waals surface area contributed by atoms with E-state index in [0.29, 0.717) is 22.9 Å². The number of amides is 1. The molecule has 25 heavy (non-hydrogen) atoms. The van der Waals surface area contributed by atoms with Crippen molar-refractivity contribution in [1.29, 1.82) is 0 Å². The summed E-state index contributed by atoms with van der Waals surface area (Å²) >= 11 is 0. The fourth-order valence-electron chi connectivity index (χ4n) is 2.12. The maximum absolute atomic E-state index is 12.5. The van der Waals surface area contributed by atoms with Crippen LogP contribution in [0.5, 0.6) is 11.5 Å². The number of allylic oxidation sites excluding steroid dienone is 1. The molecular weight excluding hydrogens is 320 g/mol. The number of anilines is 1. The van der Waals surface area contributed by atoms with Gasteiger partial charge in [-0.15, -0.1) is 0 Å². The molecule has 2 aromatic carbocycles. The number of hydrogen-bond donors (Lipinski definition) is 2. The molecule has 0 heterocycles. The molecule has 6 heteroatoms. The molecule has 2 rings (SSSR count). The Morgan fingerprint density at radius 3 is 2.28 bits per heavy atom. The Morgan fingerprint density at radius 1 is 1.04 bits per heavy atom. The minimum atomic E-state index is -0.497. The van der Waals surface area contributed by atoms with Crippen LogP contribution in [0.25, 0.3) is 0 Å². The summed E-state index contributed by atoms with van der Waals surface area (Å²) in [5.74, 6) is 0.445. The molecule has 2 N–H and O–H groups in total. The number of carbonyl (C=O) groups is 1. The molecule has 0 fully saturated rings. The van der Waals surface area contributed by atoms with Gasteiger partial charge in [0.1, 0.15) is 22.9 Å². The maximum Gasteiger partial charge on any atom is 0.260 e. The Morgan fingerprint density at radius 2 is 1.64 bits per heavy atom. The Labute approximate surface area is 146 Å². The van der Waals surface area contributed by atoms with E-state index in [-0.39, 0.29) is 11.3 Å². The molecule has 2 aromatic rings. The number of hydrogen-bond acceptors (Lipinski definition) is 5. The Balaban J connectivity index is 2.25. The van der Waals surface area contributed by atoms with Crippen LogP contribution in [-0.4, -0.2) is 31.4 Å². The molecular formula is C19H20N2O4. The second-order valence-electron chi connectivity index (χ2n) is 5.08. The van der Waals surface area contributed by atoms with Gasteiger partial charge in [0.15, 0.2) is 0 Å². The number of methoxy groups -OCH3 is 2. The largest absolute Gasteiger partial charge is 0.512 e. The van der Waals surface area contributed by atoms with Crippen molar-refractivity contribution in [2.24, 2.45) is 4.99 Å². The fourth-order valence-corrected chi connectivity index (χ4v) is 2.12. The van der Waals surface area contributed by atoms with Crippen LogP contribution in [0.3, 0.4) is 0 Å². The van der Waals surface area contributed by atoms with Gasteiger partial charge in [0.25, 0.3) is 5.91 Å². The van der Waals surface area contributed by atoms with Gasteiger partial charge in [-0.05, 0) is 31.2 Å². The van der Waals surface area contributed by atoms with Gasteiger partial charge in [-0.3, -0.25) is 9.79 Å². The van der Waals surface area contributed by atoms with Crippen molar-refractivity contribution in [3.63, 3.8) is 0 Å². The molecule has 0 aliphatic carbocycles. The van der Waals surface area contributed by atoms with Gasteiger partial charge in [0.05, 0.1) is 25.5 Å². The maximum atomic E-state index is 12.5. The van der Waals surface area contributed by atoms with Crippen LogP contribution in [0.4, 0.5) is 11.4 Å². The first-order valence-electron chi connectivity index (χ1n) is 7.58. The highest BCUT2D eigenvalue weighted by molar-refractivity contribution is 6.18. The Hall–Kier alpha value is -3.28. The van der Waals surface area contributed by atoms with E-state index in [1.807, 2.05) is 6.07 Å².